The number of aromatic nitrogens is 3. The lowest BCUT2D eigenvalue weighted by Crippen LogP contribution is -2.51. The van der Waals surface area contributed by atoms with E-state index in [1.807, 2.05) is 50.4 Å². The average molecular weight is 635 g/mol. The molecule has 47 heavy (non-hydrogen) atoms. The van der Waals surface area contributed by atoms with Crippen molar-refractivity contribution in [3.05, 3.63) is 83.3 Å². The second kappa shape index (κ2) is 11.6. The van der Waals surface area contributed by atoms with Gasteiger partial charge in [0.05, 0.1) is 24.4 Å². The number of alkyl halides is 1. The molecule has 10 heteroatoms. The molecule has 2 bridgehead atoms. The first kappa shape index (κ1) is 29.8. The Morgan fingerprint density at radius 2 is 1.85 bits per heavy atom. The second-order valence-electron chi connectivity index (χ2n) is 13.6. The zero-order chi connectivity index (χ0) is 32.3. The number of anilines is 2. The zero-order valence-corrected chi connectivity index (χ0v) is 26.7. The Morgan fingerprint density at radius 3 is 2.55 bits per heavy atom. The quantitative estimate of drug-likeness (QED) is 0.227. The normalized spacial score (nSPS) is 22.9. The third-order valence-electron chi connectivity index (χ3n) is 10.4. The number of hydrogen-bond acceptors (Lipinski definition) is 6. The van der Waals surface area contributed by atoms with E-state index in [1.54, 1.807) is 0 Å². The van der Waals surface area contributed by atoms with Gasteiger partial charge >= 0.3 is 0 Å². The summed E-state index contributed by atoms with van der Waals surface area (Å²) in [6, 6.07) is 17.6. The lowest BCUT2D eigenvalue weighted by atomic mass is 9.77. The minimum atomic E-state index is -1.90. The molecule has 9 nitrogen and oxygen atoms in total. The van der Waals surface area contributed by atoms with Crippen molar-refractivity contribution in [2.75, 3.05) is 23.4 Å². The standard InChI is InChI=1S/C37H39FN6O3/c1-21-33(22(2)43-42-21)24-8-10-27(11-9-24)40-35(45)34(41-36(46)37(38)13-14-37)30-5-3-4-23-6-7-25(16-31(23)30)26-12-15-39-32(17-26)44-19-29-18-28(44)20-47-29/h6-12,15-17,28-30,34H,3-5,13-14,18-20H2,1-2H3,(H,40,45)(H,41,46)(H,42,43)/t28-,29-,30+,34-/m0/s1. The number of aromatic amines is 1. The van der Waals surface area contributed by atoms with Gasteiger partial charge in [-0.3, -0.25) is 14.7 Å². The number of rotatable bonds is 8. The van der Waals surface area contributed by atoms with Crippen molar-refractivity contribution >= 4 is 23.3 Å². The first-order valence-electron chi connectivity index (χ1n) is 16.7. The number of ether oxygens (including phenoxy) is 1. The Bertz CT molecular complexity index is 1830. The van der Waals surface area contributed by atoms with E-state index in [0.29, 0.717) is 18.2 Å². The molecule has 3 fully saturated rings. The number of benzene rings is 2. The Balaban J connectivity index is 1.08. The lowest BCUT2D eigenvalue weighted by molar-refractivity contribution is -0.131. The summed E-state index contributed by atoms with van der Waals surface area (Å²) in [5.74, 6) is -0.427. The molecule has 2 saturated heterocycles. The monoisotopic (exact) mass is 634 g/mol. The van der Waals surface area contributed by atoms with Gasteiger partial charge in [-0.05, 0) is 104 Å². The second-order valence-corrected chi connectivity index (χ2v) is 13.6. The molecule has 0 spiro atoms. The van der Waals surface area contributed by atoms with Crippen LogP contribution in [0.5, 0.6) is 0 Å². The van der Waals surface area contributed by atoms with E-state index < -0.39 is 17.6 Å². The van der Waals surface area contributed by atoms with Gasteiger partial charge in [-0.15, -0.1) is 0 Å². The molecular weight excluding hydrogens is 595 g/mol. The molecule has 242 valence electrons. The molecule has 0 unspecified atom stereocenters. The maximum Gasteiger partial charge on any atom is 0.258 e. The topological polar surface area (TPSA) is 112 Å². The first-order valence-corrected chi connectivity index (χ1v) is 16.7. The van der Waals surface area contributed by atoms with Gasteiger partial charge in [0, 0.05) is 35.6 Å². The van der Waals surface area contributed by atoms with Gasteiger partial charge < -0.3 is 20.3 Å². The molecule has 4 aromatic rings. The number of fused-ring (bicyclic) bond motifs is 3. The number of aryl methyl sites for hydroxylation is 3. The number of amides is 2. The number of nitrogens with zero attached hydrogens (tertiary/aromatic N) is 3. The number of hydrogen-bond donors (Lipinski definition) is 3. The van der Waals surface area contributed by atoms with E-state index >= 15 is 0 Å². The molecule has 4 atom stereocenters. The predicted octanol–water partition coefficient (Wildman–Crippen LogP) is 5.78. The average Bonchev–Trinajstić information content (AvgIpc) is 3.37. The SMILES string of the molecule is Cc1n[nH]c(C)c1-c1ccc(NC(=O)[C@@H](NC(=O)C2(F)CC2)[C@@H]2CCCc3ccc(-c4ccnc(N5C[C@@H]6C[C@H]5CO6)c4)cc32)cc1. The van der Waals surface area contributed by atoms with Crippen LogP contribution in [0.1, 0.15) is 60.5 Å². The fourth-order valence-electron chi connectivity index (χ4n) is 7.67. The van der Waals surface area contributed by atoms with Gasteiger partial charge in [0.1, 0.15) is 11.9 Å². The molecular formula is C37H39FN6O3. The molecule has 2 aliphatic heterocycles. The van der Waals surface area contributed by atoms with Crippen LogP contribution in [0, 0.1) is 13.8 Å². The maximum absolute atomic E-state index is 15.0. The molecule has 2 aliphatic carbocycles. The van der Waals surface area contributed by atoms with Gasteiger partial charge in [0.15, 0.2) is 5.67 Å². The van der Waals surface area contributed by atoms with Gasteiger partial charge in [0.2, 0.25) is 5.91 Å². The van der Waals surface area contributed by atoms with E-state index in [1.165, 1.54) is 0 Å². The third-order valence-corrected chi connectivity index (χ3v) is 10.4. The van der Waals surface area contributed by atoms with Gasteiger partial charge in [-0.1, -0.05) is 30.3 Å². The molecule has 2 aromatic carbocycles. The summed E-state index contributed by atoms with van der Waals surface area (Å²) in [4.78, 5) is 34.2. The third kappa shape index (κ3) is 5.58. The Labute approximate surface area is 273 Å². The summed E-state index contributed by atoms with van der Waals surface area (Å²) in [5.41, 5.74) is 6.84. The van der Waals surface area contributed by atoms with Crippen LogP contribution in [0.4, 0.5) is 15.9 Å². The Kier molecular flexibility index (Phi) is 7.35. The number of morpholine rings is 1. The Morgan fingerprint density at radius 1 is 1.06 bits per heavy atom. The van der Waals surface area contributed by atoms with E-state index in [4.69, 9.17) is 4.74 Å². The molecule has 4 heterocycles. The van der Waals surface area contributed by atoms with Gasteiger partial charge in [-0.2, -0.15) is 5.10 Å². The van der Waals surface area contributed by atoms with Gasteiger partial charge in [0.25, 0.3) is 5.91 Å². The van der Waals surface area contributed by atoms with E-state index in [0.717, 1.165) is 83.0 Å². The summed E-state index contributed by atoms with van der Waals surface area (Å²) in [7, 11) is 0. The van der Waals surface area contributed by atoms with Crippen LogP contribution in [-0.2, 0) is 20.7 Å². The smallest absolute Gasteiger partial charge is 0.258 e. The van der Waals surface area contributed by atoms with Crippen molar-refractivity contribution < 1.29 is 18.7 Å². The highest BCUT2D eigenvalue weighted by atomic mass is 19.1. The minimum Gasteiger partial charge on any atom is -0.374 e. The van der Waals surface area contributed by atoms with Gasteiger partial charge in [-0.25, -0.2) is 9.37 Å². The highest BCUT2D eigenvalue weighted by Crippen LogP contribution is 2.42. The van der Waals surface area contributed by atoms with Crippen molar-refractivity contribution in [2.45, 2.75) is 82.1 Å². The van der Waals surface area contributed by atoms with Crippen LogP contribution in [0.25, 0.3) is 22.3 Å². The lowest BCUT2D eigenvalue weighted by Gasteiger charge is -2.33. The van der Waals surface area contributed by atoms with Crippen LogP contribution >= 0.6 is 0 Å². The minimum absolute atomic E-state index is 0.183. The number of H-pyrrole nitrogens is 1. The molecule has 0 radical (unpaired) electrons. The summed E-state index contributed by atoms with van der Waals surface area (Å²) in [6.07, 6.45) is 5.98. The first-order chi connectivity index (χ1) is 22.8. The zero-order valence-electron chi connectivity index (χ0n) is 26.7. The summed E-state index contributed by atoms with van der Waals surface area (Å²) in [6.45, 7) is 5.52. The highest BCUT2D eigenvalue weighted by Gasteiger charge is 2.52. The van der Waals surface area contributed by atoms with E-state index in [-0.39, 0.29) is 30.8 Å². The number of carbonyl (C=O) groups is 2. The summed E-state index contributed by atoms with van der Waals surface area (Å²) < 4.78 is 20.8. The summed E-state index contributed by atoms with van der Waals surface area (Å²) >= 11 is 0. The number of halogens is 1. The number of pyridine rings is 1. The van der Waals surface area contributed by atoms with Crippen molar-refractivity contribution in [3.8, 4) is 22.3 Å². The van der Waals surface area contributed by atoms with E-state index in [2.05, 4.69) is 55.0 Å². The van der Waals surface area contributed by atoms with Crippen molar-refractivity contribution in [1.82, 2.24) is 20.5 Å². The van der Waals surface area contributed by atoms with Crippen molar-refractivity contribution in [1.29, 1.82) is 0 Å². The molecule has 1 saturated carbocycles. The fourth-order valence-corrected chi connectivity index (χ4v) is 7.67. The predicted molar refractivity (Wildman–Crippen MR) is 178 cm³/mol. The largest absolute Gasteiger partial charge is 0.374 e. The van der Waals surface area contributed by atoms with Crippen molar-refractivity contribution in [2.24, 2.45) is 0 Å². The number of nitrogens with one attached hydrogen (secondary N) is 3. The molecule has 2 amide bonds. The van der Waals surface area contributed by atoms with Crippen LogP contribution < -0.4 is 15.5 Å². The van der Waals surface area contributed by atoms with Crippen LogP contribution in [0.3, 0.4) is 0 Å². The fraction of sp³-hybridized carbons (Fsp3) is 0.405. The van der Waals surface area contributed by atoms with Crippen molar-refractivity contribution in [3.63, 3.8) is 0 Å². The van der Waals surface area contributed by atoms with Crippen LogP contribution in [0.2, 0.25) is 0 Å². The molecule has 8 rings (SSSR count). The van der Waals surface area contributed by atoms with Crippen LogP contribution in [0.15, 0.2) is 60.8 Å². The highest BCUT2D eigenvalue weighted by molar-refractivity contribution is 6.00. The summed E-state index contributed by atoms with van der Waals surface area (Å²) in [5, 5.41) is 13.2. The Hall–Kier alpha value is -4.57. The van der Waals surface area contributed by atoms with Crippen LogP contribution in [-0.4, -0.2) is 64.0 Å². The maximum atomic E-state index is 15.0. The van der Waals surface area contributed by atoms with E-state index in [9.17, 15) is 14.0 Å². The number of carbonyl (C=O) groups excluding carboxylic acids is 2. The molecule has 3 N–H and O–H groups in total. The molecule has 4 aliphatic rings. The molecule has 2 aromatic heterocycles.